The predicted octanol–water partition coefficient (Wildman–Crippen LogP) is 8.10. The summed E-state index contributed by atoms with van der Waals surface area (Å²) in [5, 5.41) is 10.6. The molecule has 2 fully saturated rings. The Morgan fingerprint density at radius 2 is 1.67 bits per heavy atom. The molecule has 2 aromatic carbocycles. The Bertz CT molecular complexity index is 1100. The second-order valence-corrected chi connectivity index (χ2v) is 18.7. The molecule has 0 spiro atoms. The van der Waals surface area contributed by atoms with Crippen LogP contribution in [0.15, 0.2) is 42.5 Å². The molecule has 4 heteroatoms. The van der Waals surface area contributed by atoms with Crippen molar-refractivity contribution in [3.05, 3.63) is 59.2 Å². The van der Waals surface area contributed by atoms with Crippen molar-refractivity contribution >= 4 is 14.0 Å². The Kier molecular flexibility index (Phi) is 6.40. The van der Waals surface area contributed by atoms with Crippen molar-refractivity contribution < 1.29 is 9.53 Å². The van der Waals surface area contributed by atoms with Crippen molar-refractivity contribution in [2.75, 3.05) is 19.0 Å². The van der Waals surface area contributed by atoms with Gasteiger partial charge in [-0.25, -0.2) is 0 Å². The maximum Gasteiger partial charge on any atom is 0.192 e. The number of rotatable bonds is 4. The van der Waals surface area contributed by atoms with Crippen LogP contribution >= 0.6 is 0 Å². The van der Waals surface area contributed by atoms with Gasteiger partial charge in [0.25, 0.3) is 0 Å². The third-order valence-corrected chi connectivity index (χ3v) is 15.2. The first-order valence-electron chi connectivity index (χ1n) is 14.1. The lowest BCUT2D eigenvalue weighted by Crippen LogP contribution is -2.51. The van der Waals surface area contributed by atoms with E-state index >= 15 is 0 Å². The minimum Gasteiger partial charge on any atom is -0.508 e. The average molecular weight is 506 g/mol. The lowest BCUT2D eigenvalue weighted by Gasteiger charge is -2.54. The van der Waals surface area contributed by atoms with Crippen molar-refractivity contribution in [1.29, 1.82) is 0 Å². The van der Waals surface area contributed by atoms with Crippen molar-refractivity contribution in [3.63, 3.8) is 0 Å². The van der Waals surface area contributed by atoms with Gasteiger partial charge < -0.3 is 14.4 Å². The van der Waals surface area contributed by atoms with Gasteiger partial charge in [-0.15, -0.1) is 0 Å². The number of phenols is 1. The predicted molar refractivity (Wildman–Crippen MR) is 154 cm³/mol. The highest BCUT2D eigenvalue weighted by Gasteiger charge is 2.58. The van der Waals surface area contributed by atoms with E-state index in [9.17, 15) is 5.11 Å². The molecule has 3 nitrogen and oxygen atoms in total. The van der Waals surface area contributed by atoms with Crippen LogP contribution in [0.4, 0.5) is 5.69 Å². The second-order valence-electron chi connectivity index (χ2n) is 14.0. The lowest BCUT2D eigenvalue weighted by molar-refractivity contribution is -0.0224. The molecule has 0 aliphatic heterocycles. The number of anilines is 1. The van der Waals surface area contributed by atoms with Crippen molar-refractivity contribution in [2.45, 2.75) is 95.9 Å². The van der Waals surface area contributed by atoms with Crippen molar-refractivity contribution in [1.82, 2.24) is 0 Å². The zero-order valence-electron chi connectivity index (χ0n) is 23.8. The van der Waals surface area contributed by atoms with Gasteiger partial charge in [-0.1, -0.05) is 45.9 Å². The molecule has 0 aromatic heterocycles. The number of benzene rings is 2. The fraction of sp³-hybridized carbons (Fsp3) is 0.625. The van der Waals surface area contributed by atoms with Gasteiger partial charge in [0.15, 0.2) is 8.32 Å². The molecule has 196 valence electrons. The summed E-state index contributed by atoms with van der Waals surface area (Å²) in [6.45, 7) is 14.5. The third-order valence-electron chi connectivity index (χ3n) is 10.8. The van der Waals surface area contributed by atoms with E-state index in [-0.39, 0.29) is 10.5 Å². The quantitative estimate of drug-likeness (QED) is 0.426. The Labute approximate surface area is 220 Å². The third kappa shape index (κ3) is 4.22. The summed E-state index contributed by atoms with van der Waals surface area (Å²) in [5.74, 6) is 2.75. The summed E-state index contributed by atoms with van der Waals surface area (Å²) < 4.78 is 7.18. The van der Waals surface area contributed by atoms with E-state index in [0.717, 1.165) is 6.42 Å². The van der Waals surface area contributed by atoms with E-state index in [1.807, 2.05) is 12.1 Å². The van der Waals surface area contributed by atoms with Crippen molar-refractivity contribution in [2.24, 2.45) is 17.3 Å². The largest absolute Gasteiger partial charge is 0.508 e. The summed E-state index contributed by atoms with van der Waals surface area (Å²) in [5.41, 5.74) is 5.81. The van der Waals surface area contributed by atoms with Gasteiger partial charge in [0.1, 0.15) is 5.75 Å². The Morgan fingerprint density at radius 3 is 2.31 bits per heavy atom. The van der Waals surface area contributed by atoms with Crippen LogP contribution in [-0.4, -0.2) is 33.6 Å². The molecule has 2 saturated carbocycles. The zero-order chi connectivity index (χ0) is 26.0. The zero-order valence-corrected chi connectivity index (χ0v) is 24.8. The molecular weight excluding hydrogens is 458 g/mol. The molecule has 1 N–H and O–H groups in total. The van der Waals surface area contributed by atoms with Gasteiger partial charge in [0.2, 0.25) is 0 Å². The van der Waals surface area contributed by atoms with Crippen LogP contribution in [-0.2, 0) is 10.8 Å². The maximum atomic E-state index is 10.3. The number of nitrogens with zero attached hydrogens (tertiary/aromatic N) is 1. The summed E-state index contributed by atoms with van der Waals surface area (Å²) in [6.07, 6.45) is 6.33. The molecule has 0 radical (unpaired) electrons. The summed E-state index contributed by atoms with van der Waals surface area (Å²) in [4.78, 5) is 2.18. The lowest BCUT2D eigenvalue weighted by atomic mass is 9.51. The first kappa shape index (κ1) is 25.8. The fourth-order valence-electron chi connectivity index (χ4n) is 7.66. The van der Waals surface area contributed by atoms with Crippen LogP contribution in [0, 0.1) is 17.3 Å². The van der Waals surface area contributed by atoms with Gasteiger partial charge in [0.05, 0.1) is 6.10 Å². The van der Waals surface area contributed by atoms with Gasteiger partial charge in [-0.05, 0) is 120 Å². The monoisotopic (exact) mass is 505 g/mol. The minimum absolute atomic E-state index is 0.237. The van der Waals surface area contributed by atoms with Gasteiger partial charge in [-0.3, -0.25) is 0 Å². The molecule has 3 aliphatic carbocycles. The van der Waals surface area contributed by atoms with Crippen LogP contribution in [0.5, 0.6) is 5.75 Å². The van der Waals surface area contributed by atoms with Crippen LogP contribution in [0.25, 0.3) is 0 Å². The number of hydrogen-bond acceptors (Lipinski definition) is 3. The summed E-state index contributed by atoms with van der Waals surface area (Å²) in [6, 6.07) is 15.5. The number of aromatic hydroxyl groups is 1. The molecule has 0 unspecified atom stereocenters. The molecule has 2 aromatic rings. The first-order chi connectivity index (χ1) is 16.8. The molecule has 36 heavy (non-hydrogen) atoms. The maximum absolute atomic E-state index is 10.3. The SMILES string of the molecule is CN(C)c1ccc([C@@H]2Cc3cc(O)ccc3[C@H]3CC[C@]4(C)[C@@H](O[Si](C)(C)C(C)(C)C)CC[C@H]4[C@@H]32)cc1. The summed E-state index contributed by atoms with van der Waals surface area (Å²) >= 11 is 0. The van der Waals surface area contributed by atoms with E-state index in [0.29, 0.717) is 35.5 Å². The standard InChI is InChI=1S/C32H47NO2Si/c1-31(2,3)36(7,8)35-29-16-15-28-30-26(17-18-32(28,29)4)25-14-13-24(34)19-22(25)20-27(30)21-9-11-23(12-10-21)33(5)6/h9-14,19,26-30,34H,15-18,20H2,1-8H3/t26-,27+,28+,29+,30+,32+/m1/s1. The average Bonchev–Trinajstić information content (AvgIpc) is 3.13. The van der Waals surface area contributed by atoms with E-state index < -0.39 is 8.32 Å². The molecule has 0 heterocycles. The molecular formula is C32H47NO2Si. The van der Waals surface area contributed by atoms with E-state index in [4.69, 9.17) is 4.43 Å². The second kappa shape index (κ2) is 8.91. The number of phenolic OH excluding ortho intramolecular Hbond substituents is 1. The van der Waals surface area contributed by atoms with Gasteiger partial charge in [0, 0.05) is 19.8 Å². The Morgan fingerprint density at radius 1 is 0.972 bits per heavy atom. The van der Waals surface area contributed by atoms with Gasteiger partial charge in [-0.2, -0.15) is 0 Å². The van der Waals surface area contributed by atoms with Crippen LogP contribution in [0.2, 0.25) is 18.1 Å². The number of hydrogen-bond donors (Lipinski definition) is 1. The van der Waals surface area contributed by atoms with Crippen LogP contribution in [0.1, 0.15) is 81.9 Å². The van der Waals surface area contributed by atoms with E-state index in [1.54, 1.807) is 0 Å². The first-order valence-corrected chi connectivity index (χ1v) is 17.0. The van der Waals surface area contributed by atoms with Crippen molar-refractivity contribution in [3.8, 4) is 5.75 Å². The molecule has 0 amide bonds. The minimum atomic E-state index is -1.83. The van der Waals surface area contributed by atoms with E-state index in [1.165, 1.54) is 48.1 Å². The highest BCUT2D eigenvalue weighted by molar-refractivity contribution is 6.74. The topological polar surface area (TPSA) is 32.7 Å². The fourth-order valence-corrected chi connectivity index (χ4v) is 9.11. The van der Waals surface area contributed by atoms with Crippen LogP contribution < -0.4 is 4.90 Å². The molecule has 6 atom stereocenters. The van der Waals surface area contributed by atoms with E-state index in [2.05, 4.69) is 90.1 Å². The number of fused-ring (bicyclic) bond motifs is 5. The molecule has 0 saturated heterocycles. The Balaban J connectivity index is 1.53. The molecule has 3 aliphatic rings. The highest BCUT2D eigenvalue weighted by Crippen LogP contribution is 2.65. The molecule has 5 rings (SSSR count). The van der Waals surface area contributed by atoms with Gasteiger partial charge >= 0.3 is 0 Å². The Hall–Kier alpha value is -1.78. The smallest absolute Gasteiger partial charge is 0.192 e. The summed E-state index contributed by atoms with van der Waals surface area (Å²) in [7, 11) is 2.39. The normalized spacial score (nSPS) is 31.9. The molecule has 0 bridgehead atoms. The van der Waals surface area contributed by atoms with Crippen LogP contribution in [0.3, 0.4) is 0 Å². The highest BCUT2D eigenvalue weighted by atomic mass is 28.4.